The zero-order valence-corrected chi connectivity index (χ0v) is 11.2. The molecule has 1 aromatic heterocycles. The van der Waals surface area contributed by atoms with Crippen LogP contribution in [0.25, 0.3) is 0 Å². The molecule has 1 atom stereocenters. The molecule has 0 radical (unpaired) electrons. The first-order valence-electron chi connectivity index (χ1n) is 4.89. The normalized spacial score (nSPS) is 14.7. The number of thioether (sulfide) groups is 1. The van der Waals surface area contributed by atoms with Crippen LogP contribution in [-0.4, -0.2) is 34.4 Å². The molecule has 0 aliphatic rings. The molecule has 0 aliphatic heterocycles. The molecule has 0 aliphatic carbocycles. The number of likely N-dealkylation sites (N-methyl/N-ethyl adjacent to an activating group) is 1. The number of carbonyl (C=O) groups is 1. The van der Waals surface area contributed by atoms with E-state index in [9.17, 15) is 4.79 Å². The van der Waals surface area contributed by atoms with Crippen molar-refractivity contribution in [1.29, 1.82) is 0 Å². The lowest BCUT2D eigenvalue weighted by Crippen LogP contribution is -2.51. The molecule has 1 aromatic rings. The van der Waals surface area contributed by atoms with Crippen molar-refractivity contribution < 1.29 is 4.79 Å². The van der Waals surface area contributed by atoms with Crippen LogP contribution in [-0.2, 0) is 4.79 Å². The van der Waals surface area contributed by atoms with E-state index in [2.05, 4.69) is 15.5 Å². The summed E-state index contributed by atoms with van der Waals surface area (Å²) >= 11 is 3.16. The number of hydrogen-bond donors (Lipinski definition) is 2. The van der Waals surface area contributed by atoms with E-state index in [0.29, 0.717) is 6.42 Å². The standard InChI is InChI=1S/C9H16N4OS2/c1-6-12-13-8(16-6)15-5-4-9(2,11-3)7(10)14/h11H,4-5H2,1-3H3,(H2,10,14). The summed E-state index contributed by atoms with van der Waals surface area (Å²) in [5, 5.41) is 11.8. The molecule has 1 rings (SSSR count). The molecule has 7 heteroatoms. The van der Waals surface area contributed by atoms with Crippen molar-refractivity contribution in [3.8, 4) is 0 Å². The van der Waals surface area contributed by atoms with E-state index in [1.54, 1.807) is 37.1 Å². The lowest BCUT2D eigenvalue weighted by Gasteiger charge is -2.24. The predicted octanol–water partition coefficient (Wildman–Crippen LogP) is 0.792. The average Bonchev–Trinajstić information content (AvgIpc) is 2.63. The number of aromatic nitrogens is 2. The number of nitrogens with zero attached hydrogens (tertiary/aromatic N) is 2. The number of nitrogens with two attached hydrogens (primary N) is 1. The second-order valence-electron chi connectivity index (χ2n) is 3.63. The van der Waals surface area contributed by atoms with E-state index in [-0.39, 0.29) is 5.91 Å². The van der Waals surface area contributed by atoms with Gasteiger partial charge in [0.25, 0.3) is 0 Å². The highest BCUT2D eigenvalue weighted by Crippen LogP contribution is 2.24. The van der Waals surface area contributed by atoms with Crippen molar-refractivity contribution in [2.24, 2.45) is 5.73 Å². The van der Waals surface area contributed by atoms with Crippen molar-refractivity contribution in [1.82, 2.24) is 15.5 Å². The van der Waals surface area contributed by atoms with Gasteiger partial charge in [-0.3, -0.25) is 4.79 Å². The largest absolute Gasteiger partial charge is 0.368 e. The second-order valence-corrected chi connectivity index (χ2v) is 6.16. The summed E-state index contributed by atoms with van der Waals surface area (Å²) in [7, 11) is 1.74. The number of amides is 1. The Morgan fingerprint density at radius 2 is 2.31 bits per heavy atom. The lowest BCUT2D eigenvalue weighted by molar-refractivity contribution is -0.123. The first-order chi connectivity index (χ1) is 7.48. The van der Waals surface area contributed by atoms with E-state index >= 15 is 0 Å². The van der Waals surface area contributed by atoms with E-state index in [1.807, 2.05) is 6.92 Å². The number of nitrogens with one attached hydrogen (secondary N) is 1. The molecule has 5 nitrogen and oxygen atoms in total. The van der Waals surface area contributed by atoms with E-state index in [1.165, 1.54) is 0 Å². The molecular formula is C9H16N4OS2. The van der Waals surface area contributed by atoms with Crippen molar-refractivity contribution >= 4 is 29.0 Å². The highest BCUT2D eigenvalue weighted by Gasteiger charge is 2.28. The summed E-state index contributed by atoms with van der Waals surface area (Å²) in [5.41, 5.74) is 4.68. The average molecular weight is 260 g/mol. The number of rotatable bonds is 6. The highest BCUT2D eigenvalue weighted by atomic mass is 32.2. The SMILES string of the molecule is CNC(C)(CCSc1nnc(C)s1)C(N)=O. The lowest BCUT2D eigenvalue weighted by atomic mass is 9.99. The monoisotopic (exact) mass is 260 g/mol. The molecule has 3 N–H and O–H groups in total. The van der Waals surface area contributed by atoms with Gasteiger partial charge >= 0.3 is 0 Å². The van der Waals surface area contributed by atoms with E-state index in [0.717, 1.165) is 15.1 Å². The van der Waals surface area contributed by atoms with Crippen LogP contribution in [0.15, 0.2) is 4.34 Å². The molecule has 16 heavy (non-hydrogen) atoms. The zero-order chi connectivity index (χ0) is 12.2. The van der Waals surface area contributed by atoms with Crippen molar-refractivity contribution in [2.75, 3.05) is 12.8 Å². The van der Waals surface area contributed by atoms with Gasteiger partial charge in [0.05, 0.1) is 5.54 Å². The smallest absolute Gasteiger partial charge is 0.237 e. The van der Waals surface area contributed by atoms with Crippen LogP contribution in [0.2, 0.25) is 0 Å². The van der Waals surface area contributed by atoms with Crippen LogP contribution in [0.5, 0.6) is 0 Å². The Labute approximate surface area is 103 Å². The van der Waals surface area contributed by atoms with Gasteiger partial charge in [-0.05, 0) is 27.3 Å². The molecular weight excluding hydrogens is 244 g/mol. The number of primary amides is 1. The van der Waals surface area contributed by atoms with Gasteiger partial charge in [0.15, 0.2) is 4.34 Å². The topological polar surface area (TPSA) is 80.9 Å². The van der Waals surface area contributed by atoms with Crippen LogP contribution < -0.4 is 11.1 Å². The van der Waals surface area contributed by atoms with Crippen molar-refractivity contribution in [3.63, 3.8) is 0 Å². The fourth-order valence-electron chi connectivity index (χ4n) is 1.05. The summed E-state index contributed by atoms with van der Waals surface area (Å²) in [5.74, 6) is 0.457. The Morgan fingerprint density at radius 1 is 1.62 bits per heavy atom. The second kappa shape index (κ2) is 5.60. The predicted molar refractivity (Wildman–Crippen MR) is 66.6 cm³/mol. The maximum atomic E-state index is 11.2. The van der Waals surface area contributed by atoms with Crippen LogP contribution >= 0.6 is 23.1 Å². The Morgan fingerprint density at radius 3 is 2.75 bits per heavy atom. The summed E-state index contributed by atoms with van der Waals surface area (Å²) in [6.07, 6.45) is 0.669. The zero-order valence-electron chi connectivity index (χ0n) is 9.61. The maximum absolute atomic E-state index is 11.2. The molecule has 90 valence electrons. The Kier molecular flexibility index (Phi) is 4.69. The summed E-state index contributed by atoms with van der Waals surface area (Å²) in [6, 6.07) is 0. The Balaban J connectivity index is 2.43. The first-order valence-corrected chi connectivity index (χ1v) is 6.70. The van der Waals surface area contributed by atoms with Gasteiger partial charge < -0.3 is 11.1 Å². The number of aryl methyl sites for hydroxylation is 1. The molecule has 0 aromatic carbocycles. The summed E-state index contributed by atoms with van der Waals surface area (Å²) < 4.78 is 0.931. The summed E-state index contributed by atoms with van der Waals surface area (Å²) in [6.45, 7) is 3.73. The Bertz CT molecular complexity index is 368. The van der Waals surface area contributed by atoms with Gasteiger partial charge in [0.2, 0.25) is 5.91 Å². The van der Waals surface area contributed by atoms with Crippen molar-refractivity contribution in [2.45, 2.75) is 30.1 Å². The van der Waals surface area contributed by atoms with Crippen LogP contribution in [0.3, 0.4) is 0 Å². The first kappa shape index (κ1) is 13.4. The quantitative estimate of drug-likeness (QED) is 0.739. The fourth-order valence-corrected chi connectivity index (χ4v) is 3.10. The minimum atomic E-state index is -0.646. The van der Waals surface area contributed by atoms with Crippen molar-refractivity contribution in [3.05, 3.63) is 5.01 Å². The third-order valence-corrected chi connectivity index (χ3v) is 4.40. The highest BCUT2D eigenvalue weighted by molar-refractivity contribution is 8.01. The Hall–Kier alpha value is -0.660. The van der Waals surface area contributed by atoms with Crippen LogP contribution in [0, 0.1) is 6.92 Å². The third-order valence-electron chi connectivity index (χ3n) is 2.43. The molecule has 1 heterocycles. The van der Waals surface area contributed by atoms with Gasteiger partial charge in [-0.2, -0.15) is 0 Å². The van der Waals surface area contributed by atoms with Crippen LogP contribution in [0.4, 0.5) is 0 Å². The molecule has 0 saturated carbocycles. The maximum Gasteiger partial charge on any atom is 0.237 e. The fraction of sp³-hybridized carbons (Fsp3) is 0.667. The summed E-state index contributed by atoms with van der Waals surface area (Å²) in [4.78, 5) is 11.2. The minimum Gasteiger partial charge on any atom is -0.368 e. The van der Waals surface area contributed by atoms with Gasteiger partial charge in [-0.1, -0.05) is 23.1 Å². The van der Waals surface area contributed by atoms with Gasteiger partial charge in [-0.25, -0.2) is 0 Å². The van der Waals surface area contributed by atoms with Crippen LogP contribution in [0.1, 0.15) is 18.4 Å². The molecule has 1 amide bonds. The van der Waals surface area contributed by atoms with Gasteiger partial charge in [0.1, 0.15) is 5.01 Å². The molecule has 0 saturated heterocycles. The molecule has 1 unspecified atom stereocenters. The molecule has 0 bridgehead atoms. The van der Waals surface area contributed by atoms with Gasteiger partial charge in [-0.15, -0.1) is 10.2 Å². The van der Waals surface area contributed by atoms with Gasteiger partial charge in [0, 0.05) is 5.75 Å². The molecule has 0 fully saturated rings. The molecule has 0 spiro atoms. The van der Waals surface area contributed by atoms with E-state index in [4.69, 9.17) is 5.73 Å². The number of carbonyl (C=O) groups excluding carboxylic acids is 1. The van der Waals surface area contributed by atoms with E-state index < -0.39 is 5.54 Å². The number of hydrogen-bond acceptors (Lipinski definition) is 6. The third kappa shape index (κ3) is 3.43. The minimum absolute atomic E-state index is 0.330.